The van der Waals surface area contributed by atoms with Crippen molar-refractivity contribution in [2.75, 3.05) is 5.32 Å². The lowest BCUT2D eigenvalue weighted by molar-refractivity contribution is -0.120. The van der Waals surface area contributed by atoms with Gasteiger partial charge < -0.3 is 5.32 Å². The first-order valence-corrected chi connectivity index (χ1v) is 8.13. The highest BCUT2D eigenvalue weighted by atomic mass is 32.1. The number of carbonyl (C=O) groups excluding carboxylic acids is 1. The van der Waals surface area contributed by atoms with Gasteiger partial charge in [0.25, 0.3) is 0 Å². The standard InChI is InChI=1S/C15H17N5OS/c1-3-10(4-2)13(21)16-14-19-20-12(17-18-15(20)22-14)11-8-6-5-7-9-11/h5-10H,3-4H2,1-2H3,(H,16,19,21). The highest BCUT2D eigenvalue weighted by Gasteiger charge is 2.18. The van der Waals surface area contributed by atoms with Crippen molar-refractivity contribution in [2.45, 2.75) is 26.7 Å². The van der Waals surface area contributed by atoms with Crippen LogP contribution in [0.5, 0.6) is 0 Å². The monoisotopic (exact) mass is 315 g/mol. The minimum Gasteiger partial charge on any atom is -0.300 e. The summed E-state index contributed by atoms with van der Waals surface area (Å²) in [5.41, 5.74) is 0.943. The van der Waals surface area contributed by atoms with E-state index in [1.54, 1.807) is 4.52 Å². The molecule has 0 radical (unpaired) electrons. The molecule has 0 aliphatic rings. The van der Waals surface area contributed by atoms with Crippen molar-refractivity contribution in [3.05, 3.63) is 30.3 Å². The maximum Gasteiger partial charge on any atom is 0.236 e. The summed E-state index contributed by atoms with van der Waals surface area (Å²) in [6.45, 7) is 4.03. The van der Waals surface area contributed by atoms with E-state index >= 15 is 0 Å². The van der Waals surface area contributed by atoms with Gasteiger partial charge in [-0.1, -0.05) is 55.5 Å². The predicted molar refractivity (Wildman–Crippen MR) is 86.8 cm³/mol. The van der Waals surface area contributed by atoms with E-state index < -0.39 is 0 Å². The molecule has 3 rings (SSSR count). The van der Waals surface area contributed by atoms with Gasteiger partial charge in [-0.05, 0) is 12.8 Å². The first-order valence-electron chi connectivity index (χ1n) is 7.31. The molecule has 3 aromatic rings. The molecular formula is C15H17N5OS. The van der Waals surface area contributed by atoms with Crippen LogP contribution in [-0.2, 0) is 4.79 Å². The van der Waals surface area contributed by atoms with Gasteiger partial charge in [0.15, 0.2) is 5.82 Å². The van der Waals surface area contributed by atoms with Crippen LogP contribution in [0.15, 0.2) is 30.3 Å². The average molecular weight is 315 g/mol. The maximum absolute atomic E-state index is 12.1. The summed E-state index contributed by atoms with van der Waals surface area (Å²) in [5, 5.41) is 16.1. The van der Waals surface area contributed by atoms with E-state index in [-0.39, 0.29) is 11.8 Å². The Morgan fingerprint density at radius 2 is 1.95 bits per heavy atom. The van der Waals surface area contributed by atoms with Gasteiger partial charge in [0.2, 0.25) is 16.0 Å². The summed E-state index contributed by atoms with van der Waals surface area (Å²) in [4.78, 5) is 12.8. The van der Waals surface area contributed by atoms with Gasteiger partial charge in [0.1, 0.15) is 0 Å². The number of carbonyl (C=O) groups is 1. The molecule has 7 heteroatoms. The lowest BCUT2D eigenvalue weighted by Gasteiger charge is -2.10. The van der Waals surface area contributed by atoms with Crippen LogP contribution in [-0.4, -0.2) is 25.7 Å². The number of anilines is 1. The van der Waals surface area contributed by atoms with E-state index in [9.17, 15) is 4.79 Å². The molecule has 2 aromatic heterocycles. The topological polar surface area (TPSA) is 72.2 Å². The van der Waals surface area contributed by atoms with Crippen LogP contribution in [0, 0.1) is 5.92 Å². The smallest absolute Gasteiger partial charge is 0.236 e. The lowest BCUT2D eigenvalue weighted by atomic mass is 10.0. The number of nitrogens with zero attached hydrogens (tertiary/aromatic N) is 4. The number of aromatic nitrogens is 4. The van der Waals surface area contributed by atoms with Crippen molar-refractivity contribution in [1.29, 1.82) is 0 Å². The first kappa shape index (κ1) is 14.6. The van der Waals surface area contributed by atoms with Crippen molar-refractivity contribution in [2.24, 2.45) is 5.92 Å². The molecule has 0 saturated carbocycles. The summed E-state index contributed by atoms with van der Waals surface area (Å²) >= 11 is 1.33. The molecule has 0 unspecified atom stereocenters. The zero-order valence-electron chi connectivity index (χ0n) is 12.5. The van der Waals surface area contributed by atoms with E-state index in [2.05, 4.69) is 20.6 Å². The van der Waals surface area contributed by atoms with Gasteiger partial charge in [0.05, 0.1) is 0 Å². The van der Waals surface area contributed by atoms with Crippen LogP contribution in [0.1, 0.15) is 26.7 Å². The van der Waals surface area contributed by atoms with E-state index in [4.69, 9.17) is 0 Å². The van der Waals surface area contributed by atoms with Crippen molar-refractivity contribution in [3.8, 4) is 11.4 Å². The molecule has 1 N–H and O–H groups in total. The molecule has 6 nitrogen and oxygen atoms in total. The molecule has 1 aromatic carbocycles. The molecule has 0 saturated heterocycles. The van der Waals surface area contributed by atoms with Crippen LogP contribution in [0.3, 0.4) is 0 Å². The molecule has 0 aliphatic heterocycles. The average Bonchev–Trinajstić information content (AvgIpc) is 3.09. The third-order valence-electron chi connectivity index (χ3n) is 3.61. The van der Waals surface area contributed by atoms with E-state index in [1.807, 2.05) is 44.2 Å². The Morgan fingerprint density at radius 1 is 1.23 bits per heavy atom. The third kappa shape index (κ3) is 2.71. The third-order valence-corrected chi connectivity index (χ3v) is 4.42. The van der Waals surface area contributed by atoms with E-state index in [0.29, 0.717) is 15.9 Å². The number of amides is 1. The molecule has 1 amide bonds. The molecule has 0 atom stereocenters. The van der Waals surface area contributed by atoms with E-state index in [0.717, 1.165) is 18.4 Å². The molecule has 0 spiro atoms. The zero-order chi connectivity index (χ0) is 15.5. The SMILES string of the molecule is CCC(CC)C(=O)Nc1nn2c(-c3ccccc3)nnc2s1. The number of rotatable bonds is 5. The highest BCUT2D eigenvalue weighted by molar-refractivity contribution is 7.20. The quantitative estimate of drug-likeness (QED) is 0.784. The Labute approximate surface area is 132 Å². The van der Waals surface area contributed by atoms with Gasteiger partial charge in [-0.2, -0.15) is 4.52 Å². The Kier molecular flexibility index (Phi) is 4.15. The van der Waals surface area contributed by atoms with Gasteiger partial charge in [-0.3, -0.25) is 4.79 Å². The van der Waals surface area contributed by atoms with Crippen molar-refractivity contribution in [3.63, 3.8) is 0 Å². The van der Waals surface area contributed by atoms with Crippen molar-refractivity contribution < 1.29 is 4.79 Å². The van der Waals surface area contributed by atoms with Gasteiger partial charge in [0, 0.05) is 11.5 Å². The maximum atomic E-state index is 12.1. The highest BCUT2D eigenvalue weighted by Crippen LogP contribution is 2.24. The second kappa shape index (κ2) is 6.23. The summed E-state index contributed by atoms with van der Waals surface area (Å²) in [5.74, 6) is 0.703. The second-order valence-corrected chi connectivity index (χ2v) is 5.95. The number of nitrogens with one attached hydrogen (secondary N) is 1. The normalized spacial score (nSPS) is 11.2. The first-order chi connectivity index (χ1) is 10.7. The van der Waals surface area contributed by atoms with Crippen LogP contribution in [0.2, 0.25) is 0 Å². The molecule has 0 bridgehead atoms. The summed E-state index contributed by atoms with van der Waals surface area (Å²) in [7, 11) is 0. The summed E-state index contributed by atoms with van der Waals surface area (Å²) in [6, 6.07) is 9.75. The minimum atomic E-state index is 0.0104. The molecule has 22 heavy (non-hydrogen) atoms. The Bertz CT molecular complexity index is 776. The van der Waals surface area contributed by atoms with E-state index in [1.165, 1.54) is 11.3 Å². The number of benzene rings is 1. The Morgan fingerprint density at radius 3 is 2.64 bits per heavy atom. The fourth-order valence-electron chi connectivity index (χ4n) is 2.30. The van der Waals surface area contributed by atoms with Gasteiger partial charge in [-0.25, -0.2) is 0 Å². The zero-order valence-corrected chi connectivity index (χ0v) is 13.3. The lowest BCUT2D eigenvalue weighted by Crippen LogP contribution is -2.21. The summed E-state index contributed by atoms with van der Waals surface area (Å²) in [6.07, 6.45) is 1.64. The molecule has 0 fully saturated rings. The van der Waals surface area contributed by atoms with Crippen molar-refractivity contribution in [1.82, 2.24) is 19.8 Å². The number of hydrogen-bond acceptors (Lipinski definition) is 5. The van der Waals surface area contributed by atoms with Crippen LogP contribution in [0.4, 0.5) is 5.13 Å². The fourth-order valence-corrected chi connectivity index (χ4v) is 3.04. The molecular weight excluding hydrogens is 298 g/mol. The minimum absolute atomic E-state index is 0.0104. The predicted octanol–water partition coefficient (Wildman–Crippen LogP) is 3.23. The molecule has 0 aliphatic carbocycles. The van der Waals surface area contributed by atoms with Crippen LogP contribution >= 0.6 is 11.3 Å². The van der Waals surface area contributed by atoms with Crippen LogP contribution in [0.25, 0.3) is 16.3 Å². The number of fused-ring (bicyclic) bond motifs is 1. The summed E-state index contributed by atoms with van der Waals surface area (Å²) < 4.78 is 1.67. The van der Waals surface area contributed by atoms with Crippen LogP contribution < -0.4 is 5.32 Å². The number of hydrogen-bond donors (Lipinski definition) is 1. The largest absolute Gasteiger partial charge is 0.300 e. The van der Waals surface area contributed by atoms with Gasteiger partial charge in [-0.15, -0.1) is 15.3 Å². The Hall–Kier alpha value is -2.28. The second-order valence-electron chi connectivity index (χ2n) is 4.99. The van der Waals surface area contributed by atoms with Gasteiger partial charge >= 0.3 is 0 Å². The fraction of sp³-hybridized carbons (Fsp3) is 0.333. The molecule has 2 heterocycles. The Balaban J connectivity index is 1.88. The van der Waals surface area contributed by atoms with Crippen molar-refractivity contribution >= 4 is 27.3 Å². The molecule has 114 valence electrons.